The van der Waals surface area contributed by atoms with Gasteiger partial charge in [-0.2, -0.15) is 0 Å². The third-order valence-electron chi connectivity index (χ3n) is 6.80. The Labute approximate surface area is 237 Å². The molecule has 1 aliphatic carbocycles. The van der Waals surface area contributed by atoms with Gasteiger partial charge in [0.05, 0.1) is 32.8 Å². The number of ether oxygens (including phenoxy) is 1. The first-order chi connectivity index (χ1) is 18.4. The van der Waals surface area contributed by atoms with Crippen LogP contribution in [0.3, 0.4) is 0 Å². The summed E-state index contributed by atoms with van der Waals surface area (Å²) in [5, 5.41) is 11.6. The maximum atomic E-state index is 14.0. The number of nitro groups is 1. The van der Waals surface area contributed by atoms with Crippen LogP contribution < -0.4 is 19.6 Å². The zero-order valence-corrected chi connectivity index (χ0v) is 24.0. The lowest BCUT2D eigenvalue weighted by atomic mass is 9.83. The number of non-ortho nitro benzene ring substituents is 1. The van der Waals surface area contributed by atoms with Crippen LogP contribution in [0.4, 0.5) is 5.69 Å². The third kappa shape index (κ3) is 4.16. The van der Waals surface area contributed by atoms with E-state index in [2.05, 4.69) is 44.0 Å². The number of hydrogen-bond acceptors (Lipinski definition) is 6. The van der Waals surface area contributed by atoms with Crippen molar-refractivity contribution in [2.45, 2.75) is 18.9 Å². The van der Waals surface area contributed by atoms with Gasteiger partial charge in [0.1, 0.15) is 5.75 Å². The lowest BCUT2D eigenvalue weighted by molar-refractivity contribution is -0.384. The van der Waals surface area contributed by atoms with E-state index in [0.717, 1.165) is 37.8 Å². The molecule has 4 aromatic rings. The Morgan fingerprint density at radius 2 is 1.95 bits per heavy atom. The highest BCUT2D eigenvalue weighted by Crippen LogP contribution is 2.41. The second kappa shape index (κ2) is 9.76. The standard InChI is InChI=1S/C28H19Br2N3O4S/c1-37-26-17(11-18(29)14-22(26)30)13-23-27(34)32-25(16-6-4-7-19(12-16)33(35)36)21-10-9-15-5-2-3-8-20(15)24(21)31-28(32)38-23/h2-8,11-14,25H,9-10H2,1H3/b23-13-. The first-order valence-electron chi connectivity index (χ1n) is 11.8. The number of nitrogens with zero attached hydrogens (tertiary/aromatic N) is 3. The van der Waals surface area contributed by atoms with E-state index in [1.54, 1.807) is 29.9 Å². The number of methoxy groups -OCH3 is 1. The number of rotatable bonds is 4. The number of fused-ring (bicyclic) bond motifs is 3. The molecule has 10 heteroatoms. The summed E-state index contributed by atoms with van der Waals surface area (Å²) in [5.74, 6) is 0.613. The number of hydrogen-bond donors (Lipinski definition) is 0. The predicted octanol–water partition coefficient (Wildman–Crippen LogP) is 5.76. The highest BCUT2D eigenvalue weighted by atomic mass is 79.9. The van der Waals surface area contributed by atoms with E-state index in [4.69, 9.17) is 9.73 Å². The number of halogens is 2. The molecule has 2 aliphatic rings. The average molecular weight is 653 g/mol. The van der Waals surface area contributed by atoms with E-state index >= 15 is 0 Å². The van der Waals surface area contributed by atoms with Gasteiger partial charge in [0.15, 0.2) is 4.80 Å². The van der Waals surface area contributed by atoms with Gasteiger partial charge in [0.25, 0.3) is 11.2 Å². The fourth-order valence-corrected chi connectivity index (χ4v) is 7.59. The second-order valence-corrected chi connectivity index (χ2v) is 11.8. The SMILES string of the molecule is COc1c(Br)cc(Br)cc1/C=c1\sc2n(c1=O)C(c1cccc([N+](=O)[O-])c1)C1=C(N=2)c2ccccc2CC1. The second-order valence-electron chi connectivity index (χ2n) is 8.98. The van der Waals surface area contributed by atoms with Crippen molar-refractivity contribution in [1.82, 2.24) is 4.57 Å². The summed E-state index contributed by atoms with van der Waals surface area (Å²) in [4.78, 5) is 30.7. The summed E-state index contributed by atoms with van der Waals surface area (Å²) in [6.07, 6.45) is 3.32. The minimum atomic E-state index is -0.493. The van der Waals surface area contributed by atoms with Crippen LogP contribution in [0.15, 0.2) is 85.0 Å². The Hall–Kier alpha value is -3.34. The van der Waals surface area contributed by atoms with E-state index < -0.39 is 11.0 Å². The summed E-state index contributed by atoms with van der Waals surface area (Å²) in [6.45, 7) is 0. The number of benzene rings is 3. The summed E-state index contributed by atoms with van der Waals surface area (Å²) in [6, 6.07) is 18.0. The van der Waals surface area contributed by atoms with E-state index in [1.165, 1.54) is 23.0 Å². The highest BCUT2D eigenvalue weighted by molar-refractivity contribution is 9.11. The number of aryl methyl sites for hydroxylation is 1. The van der Waals surface area contributed by atoms with Gasteiger partial charge in [-0.3, -0.25) is 19.5 Å². The summed E-state index contributed by atoms with van der Waals surface area (Å²) in [7, 11) is 1.58. The van der Waals surface area contributed by atoms with Crippen LogP contribution in [-0.2, 0) is 6.42 Å². The van der Waals surface area contributed by atoms with Crippen molar-refractivity contribution in [1.29, 1.82) is 0 Å². The van der Waals surface area contributed by atoms with Gasteiger partial charge in [0, 0.05) is 27.7 Å². The van der Waals surface area contributed by atoms with Gasteiger partial charge in [-0.1, -0.05) is 63.7 Å². The van der Waals surface area contributed by atoms with Crippen LogP contribution in [0.25, 0.3) is 11.8 Å². The molecular weight excluding hydrogens is 634 g/mol. The zero-order chi connectivity index (χ0) is 26.6. The monoisotopic (exact) mass is 651 g/mol. The molecule has 0 spiro atoms. The van der Waals surface area contributed by atoms with E-state index in [1.807, 2.05) is 30.3 Å². The molecule has 2 heterocycles. The molecule has 0 saturated carbocycles. The summed E-state index contributed by atoms with van der Waals surface area (Å²) in [5.41, 5.74) is 5.30. The van der Waals surface area contributed by atoms with Crippen molar-refractivity contribution in [3.05, 3.63) is 127 Å². The average Bonchev–Trinajstić information content (AvgIpc) is 3.21. The maximum Gasteiger partial charge on any atom is 0.271 e. The molecule has 0 saturated heterocycles. The molecule has 0 N–H and O–H groups in total. The molecule has 0 radical (unpaired) electrons. The van der Waals surface area contributed by atoms with Gasteiger partial charge >= 0.3 is 0 Å². The van der Waals surface area contributed by atoms with Gasteiger partial charge in [-0.15, -0.1) is 0 Å². The van der Waals surface area contributed by atoms with Gasteiger partial charge in [0.2, 0.25) is 0 Å². The number of aromatic nitrogens is 1. The molecule has 190 valence electrons. The minimum Gasteiger partial charge on any atom is -0.495 e. The van der Waals surface area contributed by atoms with Crippen molar-refractivity contribution in [2.24, 2.45) is 4.99 Å². The Balaban J connectivity index is 1.64. The number of nitro benzene ring substituents is 1. The van der Waals surface area contributed by atoms with Crippen LogP contribution in [0.5, 0.6) is 5.75 Å². The minimum absolute atomic E-state index is 0.0105. The smallest absolute Gasteiger partial charge is 0.271 e. The van der Waals surface area contributed by atoms with Crippen LogP contribution in [0.1, 0.15) is 34.7 Å². The van der Waals surface area contributed by atoms with Crippen molar-refractivity contribution in [3.8, 4) is 5.75 Å². The summed E-state index contributed by atoms with van der Waals surface area (Å²) >= 11 is 8.34. The molecular formula is C28H19Br2N3O4S. The topological polar surface area (TPSA) is 86.7 Å². The quantitative estimate of drug-likeness (QED) is 0.207. The highest BCUT2D eigenvalue weighted by Gasteiger charge is 2.33. The summed E-state index contributed by atoms with van der Waals surface area (Å²) < 4.78 is 9.37. The van der Waals surface area contributed by atoms with Gasteiger partial charge in [-0.25, -0.2) is 4.99 Å². The maximum absolute atomic E-state index is 14.0. The Morgan fingerprint density at radius 3 is 2.74 bits per heavy atom. The molecule has 38 heavy (non-hydrogen) atoms. The van der Waals surface area contributed by atoms with Crippen molar-refractivity contribution in [3.63, 3.8) is 0 Å². The molecule has 0 fully saturated rings. The van der Waals surface area contributed by atoms with Gasteiger partial charge in [-0.05, 0) is 63.7 Å². The van der Waals surface area contributed by atoms with Crippen LogP contribution in [0, 0.1) is 10.1 Å². The van der Waals surface area contributed by atoms with Crippen molar-refractivity contribution in [2.75, 3.05) is 7.11 Å². The molecule has 1 unspecified atom stereocenters. The molecule has 7 nitrogen and oxygen atoms in total. The Kier molecular flexibility index (Phi) is 6.41. The Morgan fingerprint density at radius 1 is 1.13 bits per heavy atom. The van der Waals surface area contributed by atoms with E-state index in [-0.39, 0.29) is 11.2 Å². The number of thiazole rings is 1. The first kappa shape index (κ1) is 25.0. The Bertz CT molecular complexity index is 1860. The lowest BCUT2D eigenvalue weighted by Crippen LogP contribution is -2.38. The molecule has 1 atom stereocenters. The third-order valence-corrected chi connectivity index (χ3v) is 8.83. The fourth-order valence-electron chi connectivity index (χ4n) is 5.17. The first-order valence-corrected chi connectivity index (χ1v) is 14.2. The predicted molar refractivity (Wildman–Crippen MR) is 154 cm³/mol. The van der Waals surface area contributed by atoms with Crippen molar-refractivity contribution < 1.29 is 9.66 Å². The molecule has 1 aromatic heterocycles. The van der Waals surface area contributed by atoms with Crippen molar-refractivity contribution >= 4 is 60.7 Å². The van der Waals surface area contributed by atoms with Crippen LogP contribution in [0.2, 0.25) is 0 Å². The van der Waals surface area contributed by atoms with E-state index in [9.17, 15) is 14.9 Å². The number of allylic oxidation sites excluding steroid dienone is 1. The van der Waals surface area contributed by atoms with Crippen LogP contribution in [-0.4, -0.2) is 16.6 Å². The largest absolute Gasteiger partial charge is 0.495 e. The lowest BCUT2D eigenvalue weighted by Gasteiger charge is -2.30. The molecule has 6 rings (SSSR count). The van der Waals surface area contributed by atoms with E-state index in [0.29, 0.717) is 27.1 Å². The molecule has 3 aromatic carbocycles. The molecule has 0 amide bonds. The fraction of sp³-hybridized carbons (Fsp3) is 0.143. The van der Waals surface area contributed by atoms with Crippen LogP contribution >= 0.6 is 43.2 Å². The zero-order valence-electron chi connectivity index (χ0n) is 20.0. The normalized spacial score (nSPS) is 16.4. The molecule has 1 aliphatic heterocycles. The van der Waals surface area contributed by atoms with Gasteiger partial charge < -0.3 is 4.74 Å². The molecule has 0 bridgehead atoms.